The van der Waals surface area contributed by atoms with Crippen LogP contribution in [0.2, 0.25) is 5.32 Å². The Morgan fingerprint density at radius 1 is 0.949 bits per heavy atom. The van der Waals surface area contributed by atoms with Gasteiger partial charge in [0.2, 0.25) is 5.91 Å². The van der Waals surface area contributed by atoms with E-state index in [4.69, 9.17) is 17.2 Å². The number of carbonyl (C=O) groups excluding carboxylic acids is 7. The number of aliphatic carboxylic acids is 1. The summed E-state index contributed by atoms with van der Waals surface area (Å²) < 4.78 is 0. The number of aliphatic imine (C=N–C) groups is 1. The zero-order valence-electron chi connectivity index (χ0n) is 32.5. The molecule has 24 nitrogen and oxygen atoms in total. The zero-order valence-corrected chi connectivity index (χ0v) is 35.1. The Morgan fingerprint density at radius 3 is 2.15 bits per heavy atom. The van der Waals surface area contributed by atoms with Crippen molar-refractivity contribution in [1.29, 1.82) is 0 Å². The predicted molar refractivity (Wildman–Crippen MR) is 213 cm³/mol. The Hall–Kier alpha value is -5.01. The number of aromatic nitrogens is 2. The van der Waals surface area contributed by atoms with Crippen molar-refractivity contribution in [3.8, 4) is 0 Å². The average Bonchev–Trinajstić information content (AvgIpc) is 3.90. The predicted octanol–water partition coefficient (Wildman–Crippen LogP) is -6.77. The van der Waals surface area contributed by atoms with Gasteiger partial charge in [0.1, 0.15) is 0 Å². The number of thiol groups is 1. The number of aromatic amines is 1. The van der Waals surface area contributed by atoms with Crippen LogP contribution in [0.3, 0.4) is 0 Å². The third-order valence-corrected chi connectivity index (χ3v) is 10.0. The van der Waals surface area contributed by atoms with Crippen LogP contribution in [0, 0.1) is 0 Å². The van der Waals surface area contributed by atoms with E-state index in [0.29, 0.717) is 12.1 Å². The standard InChI is InChI=1S/C33H54N13O11SSe/c1-15(40-26(50)18(34)12-58)25(49)42-20(9-17-10-37-14-39-17)31(55)46-8-4-6-23(46)29(53)44-22(13-59)28(52)43-21(11-47)27(51)45-24(16(2)48)30(54)41-19(32(56)57)5-3-7-38-33(35)36/h10,14-16,18-24,47-48,58H,3-9,11-13,34H2,1-2H3,(H,37,39)(H,40,50)(H,41,54)(H,42,49)(H,43,52)(H,44,53)(H,45,51)(H,56,57)(H4,35,36,38)/t15-,16+,18-,19-,20-,21-,22-,23-,24-/m0/s1. The first-order chi connectivity index (χ1) is 27.8. The van der Waals surface area contributed by atoms with E-state index in [1.807, 2.05) is 0 Å². The number of aliphatic hydroxyl groups is 2. The first-order valence-electron chi connectivity index (χ1n) is 18.5. The van der Waals surface area contributed by atoms with Crippen LogP contribution in [0.5, 0.6) is 0 Å². The van der Waals surface area contributed by atoms with Crippen LogP contribution in [0.1, 0.15) is 45.2 Å². The number of carbonyl (C=O) groups is 8. The Morgan fingerprint density at radius 2 is 1.59 bits per heavy atom. The van der Waals surface area contributed by atoms with Crippen LogP contribution in [0.25, 0.3) is 0 Å². The Balaban J connectivity index is 2.13. The van der Waals surface area contributed by atoms with Crippen LogP contribution >= 0.6 is 12.6 Å². The fourth-order valence-electron chi connectivity index (χ4n) is 5.68. The molecule has 329 valence electrons. The maximum atomic E-state index is 14.0. The Bertz CT molecular complexity index is 1650. The van der Waals surface area contributed by atoms with Gasteiger partial charge in [-0.1, -0.05) is 0 Å². The van der Waals surface area contributed by atoms with Crippen molar-refractivity contribution in [2.24, 2.45) is 22.2 Å². The van der Waals surface area contributed by atoms with Crippen molar-refractivity contribution >= 4 is 81.9 Å². The molecule has 9 atom stereocenters. The molecular formula is C33H54N13O11SSe. The van der Waals surface area contributed by atoms with Gasteiger partial charge in [0, 0.05) is 12.3 Å². The molecule has 1 aliphatic rings. The van der Waals surface area contributed by atoms with Gasteiger partial charge in [-0.3, -0.25) is 9.79 Å². The second-order valence-electron chi connectivity index (χ2n) is 13.6. The van der Waals surface area contributed by atoms with E-state index in [1.165, 1.54) is 24.3 Å². The monoisotopic (exact) mass is 920 g/mol. The molecule has 1 aromatic heterocycles. The van der Waals surface area contributed by atoms with E-state index in [9.17, 15) is 53.7 Å². The Kier molecular flexibility index (Phi) is 21.1. The molecular weight excluding hydrogens is 865 g/mol. The van der Waals surface area contributed by atoms with Crippen molar-refractivity contribution in [2.75, 3.05) is 25.4 Å². The van der Waals surface area contributed by atoms with Gasteiger partial charge in [0.15, 0.2) is 5.96 Å². The molecule has 0 saturated carbocycles. The summed E-state index contributed by atoms with van der Waals surface area (Å²) in [5.74, 6) is -7.41. The van der Waals surface area contributed by atoms with Crippen LogP contribution in [-0.4, -0.2) is 179 Å². The number of nitrogens with zero attached hydrogens (tertiary/aromatic N) is 3. The molecule has 0 aromatic carbocycles. The number of H-pyrrole nitrogens is 1. The molecule has 59 heavy (non-hydrogen) atoms. The van der Waals surface area contributed by atoms with Gasteiger partial charge in [-0.25, -0.2) is 4.79 Å². The van der Waals surface area contributed by atoms with Crippen LogP contribution in [-0.2, 0) is 44.8 Å². The van der Waals surface area contributed by atoms with Crippen molar-refractivity contribution in [3.63, 3.8) is 0 Å². The van der Waals surface area contributed by atoms with Crippen molar-refractivity contribution in [2.45, 2.75) is 106 Å². The maximum absolute atomic E-state index is 14.0. The number of amides is 7. The molecule has 2 rings (SSSR count). The summed E-state index contributed by atoms with van der Waals surface area (Å²) in [6.07, 6.45) is 1.88. The van der Waals surface area contributed by atoms with Gasteiger partial charge in [-0.05, 0) is 6.42 Å². The summed E-state index contributed by atoms with van der Waals surface area (Å²) in [6.45, 7) is 1.77. The SMILES string of the molecule is C[C@H](NC(=O)[C@@H](N)CS)C(=O)N[C@@H](Cc1cnc[nH]1)C(=O)N1CCC[C@H]1C(=O)N[C@@H](C[Se])C(=O)N[C@@H](CO)C(=O)N[C@H](C(=O)N[C@@H](CCCN=C(N)N)C(=O)O)[C@@H](C)O. The summed E-state index contributed by atoms with van der Waals surface area (Å²) in [7, 11) is 0. The van der Waals surface area contributed by atoms with Gasteiger partial charge in [0.25, 0.3) is 0 Å². The average molecular weight is 920 g/mol. The minimum absolute atomic E-state index is 0.0313. The molecule has 16 N–H and O–H groups in total. The van der Waals surface area contributed by atoms with E-state index in [1.54, 1.807) is 0 Å². The molecule has 0 aliphatic carbocycles. The first-order valence-corrected chi connectivity index (χ1v) is 20.3. The van der Waals surface area contributed by atoms with Crippen LogP contribution in [0.4, 0.5) is 0 Å². The quantitative estimate of drug-likeness (QED) is 0.0151. The molecule has 0 unspecified atom stereocenters. The molecule has 2 heterocycles. The summed E-state index contributed by atoms with van der Waals surface area (Å²) in [6, 6.07) is -10.5. The molecule has 1 fully saturated rings. The van der Waals surface area contributed by atoms with E-state index in [-0.39, 0.29) is 55.8 Å². The molecule has 26 heteroatoms. The van der Waals surface area contributed by atoms with E-state index in [2.05, 4.69) is 75.5 Å². The molecule has 0 spiro atoms. The van der Waals surface area contributed by atoms with Gasteiger partial charge in [0.05, 0.1) is 6.04 Å². The molecule has 1 aliphatic heterocycles. The number of rotatable bonds is 24. The number of carboxylic acids is 1. The van der Waals surface area contributed by atoms with Crippen molar-refractivity contribution in [3.05, 3.63) is 18.2 Å². The summed E-state index contributed by atoms with van der Waals surface area (Å²) in [5, 5.41) is 44.0. The number of nitrogens with two attached hydrogens (primary N) is 3. The molecule has 1 saturated heterocycles. The fourth-order valence-corrected chi connectivity index (χ4v) is 6.34. The normalized spacial score (nSPS) is 17.7. The van der Waals surface area contributed by atoms with E-state index < -0.39 is 108 Å². The third kappa shape index (κ3) is 15.9. The number of guanidine groups is 1. The molecule has 1 aromatic rings. The topological polar surface area (TPSA) is 392 Å². The number of hydrogen-bond acceptors (Lipinski definition) is 14. The summed E-state index contributed by atoms with van der Waals surface area (Å²) in [5.41, 5.74) is 16.7. The van der Waals surface area contributed by atoms with Gasteiger partial charge >= 0.3 is 268 Å². The molecule has 1 radical (unpaired) electrons. The number of carboxylic acid groups (broad SMARTS) is 1. The summed E-state index contributed by atoms with van der Waals surface area (Å²) in [4.78, 5) is 116. The first kappa shape index (κ1) is 50.1. The fraction of sp³-hybridized carbons (Fsp3) is 0.636. The van der Waals surface area contributed by atoms with Crippen LogP contribution in [0.15, 0.2) is 17.5 Å². The van der Waals surface area contributed by atoms with Crippen molar-refractivity contribution in [1.82, 2.24) is 46.8 Å². The third-order valence-electron chi connectivity index (χ3n) is 8.96. The Labute approximate surface area is 353 Å². The minimum atomic E-state index is -1.71. The van der Waals surface area contributed by atoms with Gasteiger partial charge in [-0.2, -0.15) is 12.6 Å². The summed E-state index contributed by atoms with van der Waals surface area (Å²) >= 11 is 6.59. The second-order valence-corrected chi connectivity index (χ2v) is 14.7. The number of imidazole rings is 1. The zero-order chi connectivity index (χ0) is 44.4. The number of nitrogens with one attached hydrogen (secondary N) is 7. The van der Waals surface area contributed by atoms with Gasteiger partial charge in [-0.15, -0.1) is 0 Å². The number of likely N-dealkylation sites (tertiary alicyclic amines) is 1. The second kappa shape index (κ2) is 24.8. The number of aliphatic hydroxyl groups excluding tert-OH is 2. The van der Waals surface area contributed by atoms with Crippen LogP contribution < -0.4 is 49.1 Å². The van der Waals surface area contributed by atoms with E-state index in [0.717, 1.165) is 6.92 Å². The van der Waals surface area contributed by atoms with E-state index >= 15 is 0 Å². The molecule has 0 bridgehead atoms. The van der Waals surface area contributed by atoms with Gasteiger partial charge < -0.3 is 22.3 Å². The molecule has 7 amide bonds. The number of hydrogen-bond donors (Lipinski definition) is 14. The van der Waals surface area contributed by atoms with Crippen molar-refractivity contribution < 1.29 is 53.7 Å².